The minimum atomic E-state index is 0.0539. The van der Waals surface area contributed by atoms with E-state index in [1.807, 2.05) is 72.2 Å². The highest BCUT2D eigenvalue weighted by atomic mass is 16.2. The first-order chi connectivity index (χ1) is 12.5. The maximum absolute atomic E-state index is 12.7. The second-order valence-electron chi connectivity index (χ2n) is 7.00. The molecule has 0 spiro atoms. The summed E-state index contributed by atoms with van der Waals surface area (Å²) in [6.45, 7) is 6.64. The number of carbonyl (C=O) groups excluding carboxylic acids is 2. The van der Waals surface area contributed by atoms with E-state index < -0.39 is 0 Å². The van der Waals surface area contributed by atoms with Gasteiger partial charge in [-0.2, -0.15) is 0 Å². The molecule has 1 saturated heterocycles. The number of carbonyl (C=O) groups is 2. The summed E-state index contributed by atoms with van der Waals surface area (Å²) in [4.78, 5) is 29.1. The van der Waals surface area contributed by atoms with Gasteiger partial charge in [0.05, 0.1) is 6.42 Å². The Balaban J connectivity index is 1.61. The number of hydrogen-bond donors (Lipinski definition) is 0. The fourth-order valence-corrected chi connectivity index (χ4v) is 3.33. The van der Waals surface area contributed by atoms with Gasteiger partial charge in [-0.15, -0.1) is 0 Å². The van der Waals surface area contributed by atoms with Crippen LogP contribution < -0.4 is 0 Å². The van der Waals surface area contributed by atoms with Gasteiger partial charge in [-0.1, -0.05) is 42.0 Å². The van der Waals surface area contributed by atoms with Crippen LogP contribution in [-0.4, -0.2) is 47.8 Å². The molecule has 0 aromatic heterocycles. The zero-order valence-electron chi connectivity index (χ0n) is 15.6. The molecule has 0 radical (unpaired) electrons. The van der Waals surface area contributed by atoms with Crippen molar-refractivity contribution in [1.29, 1.82) is 0 Å². The van der Waals surface area contributed by atoms with Gasteiger partial charge in [0.2, 0.25) is 5.91 Å². The van der Waals surface area contributed by atoms with E-state index >= 15 is 0 Å². The van der Waals surface area contributed by atoms with Crippen molar-refractivity contribution < 1.29 is 9.59 Å². The maximum atomic E-state index is 12.7. The van der Waals surface area contributed by atoms with Gasteiger partial charge in [0.1, 0.15) is 0 Å². The Hall–Kier alpha value is -2.62. The fourth-order valence-electron chi connectivity index (χ4n) is 3.33. The number of amides is 2. The lowest BCUT2D eigenvalue weighted by molar-refractivity contribution is -0.130. The highest BCUT2D eigenvalue weighted by Crippen LogP contribution is 2.13. The molecule has 0 atom stereocenters. The monoisotopic (exact) mass is 350 g/mol. The molecule has 136 valence electrons. The van der Waals surface area contributed by atoms with Crippen molar-refractivity contribution in [2.24, 2.45) is 0 Å². The van der Waals surface area contributed by atoms with E-state index in [0.717, 1.165) is 28.7 Å². The molecular formula is C22H26N2O2. The third kappa shape index (κ3) is 4.31. The number of hydrogen-bond acceptors (Lipinski definition) is 2. The predicted octanol–water partition coefficient (Wildman–Crippen LogP) is 3.22. The van der Waals surface area contributed by atoms with Crippen LogP contribution in [0.25, 0.3) is 0 Å². The van der Waals surface area contributed by atoms with E-state index in [0.29, 0.717) is 32.6 Å². The van der Waals surface area contributed by atoms with E-state index in [9.17, 15) is 9.59 Å². The van der Waals surface area contributed by atoms with Crippen LogP contribution in [0.1, 0.15) is 33.5 Å². The van der Waals surface area contributed by atoms with Crippen LogP contribution in [0.4, 0.5) is 0 Å². The molecule has 1 heterocycles. The van der Waals surface area contributed by atoms with Gasteiger partial charge in [0, 0.05) is 31.7 Å². The summed E-state index contributed by atoms with van der Waals surface area (Å²) >= 11 is 0. The molecule has 0 N–H and O–H groups in total. The van der Waals surface area contributed by atoms with Crippen LogP contribution in [0.3, 0.4) is 0 Å². The Kier molecular flexibility index (Phi) is 5.71. The molecule has 0 saturated carbocycles. The van der Waals surface area contributed by atoms with Gasteiger partial charge in [-0.25, -0.2) is 0 Å². The number of rotatable bonds is 3. The topological polar surface area (TPSA) is 40.6 Å². The van der Waals surface area contributed by atoms with Crippen molar-refractivity contribution in [3.63, 3.8) is 0 Å². The van der Waals surface area contributed by atoms with Gasteiger partial charge >= 0.3 is 0 Å². The summed E-state index contributed by atoms with van der Waals surface area (Å²) in [5, 5.41) is 0. The molecule has 0 aliphatic carbocycles. The third-order valence-corrected chi connectivity index (χ3v) is 5.04. The first-order valence-electron chi connectivity index (χ1n) is 9.23. The van der Waals surface area contributed by atoms with Crippen LogP contribution in [0, 0.1) is 13.8 Å². The largest absolute Gasteiger partial charge is 0.341 e. The summed E-state index contributed by atoms with van der Waals surface area (Å²) in [5.41, 5.74) is 4.09. The quantitative estimate of drug-likeness (QED) is 0.853. The van der Waals surface area contributed by atoms with Crippen LogP contribution in [0.15, 0.2) is 48.5 Å². The smallest absolute Gasteiger partial charge is 0.253 e. The lowest BCUT2D eigenvalue weighted by Gasteiger charge is -2.22. The predicted molar refractivity (Wildman–Crippen MR) is 103 cm³/mol. The Morgan fingerprint density at radius 3 is 2.23 bits per heavy atom. The zero-order chi connectivity index (χ0) is 18.5. The minimum absolute atomic E-state index is 0.0539. The van der Waals surface area contributed by atoms with Crippen molar-refractivity contribution in [3.8, 4) is 0 Å². The van der Waals surface area contributed by atoms with Crippen LogP contribution in [0.2, 0.25) is 0 Å². The summed E-state index contributed by atoms with van der Waals surface area (Å²) in [6, 6.07) is 15.7. The highest BCUT2D eigenvalue weighted by Gasteiger charge is 2.23. The van der Waals surface area contributed by atoms with E-state index in [-0.39, 0.29) is 11.8 Å². The Morgan fingerprint density at radius 1 is 0.846 bits per heavy atom. The summed E-state index contributed by atoms with van der Waals surface area (Å²) < 4.78 is 0. The normalized spacial score (nSPS) is 14.8. The molecule has 26 heavy (non-hydrogen) atoms. The molecule has 1 fully saturated rings. The summed E-state index contributed by atoms with van der Waals surface area (Å²) in [6.07, 6.45) is 1.25. The summed E-state index contributed by atoms with van der Waals surface area (Å²) in [7, 11) is 0. The average molecular weight is 350 g/mol. The van der Waals surface area contributed by atoms with E-state index in [1.165, 1.54) is 0 Å². The average Bonchev–Trinajstić information content (AvgIpc) is 2.90. The number of benzene rings is 2. The zero-order valence-corrected chi connectivity index (χ0v) is 15.6. The van der Waals surface area contributed by atoms with Gasteiger partial charge in [0.15, 0.2) is 0 Å². The maximum Gasteiger partial charge on any atom is 0.253 e. The molecule has 0 bridgehead atoms. The Morgan fingerprint density at radius 2 is 1.50 bits per heavy atom. The van der Waals surface area contributed by atoms with E-state index in [4.69, 9.17) is 0 Å². The fraction of sp³-hybridized carbons (Fsp3) is 0.364. The van der Waals surface area contributed by atoms with Crippen LogP contribution >= 0.6 is 0 Å². The lowest BCUT2D eigenvalue weighted by atomic mass is 10.1. The molecule has 0 unspecified atom stereocenters. The first kappa shape index (κ1) is 18.2. The standard InChI is InChI=1S/C22H26N2O2/c1-17-8-10-19(11-9-17)22(26)24-13-5-12-23(14-15-24)21(25)16-20-7-4-3-6-18(20)2/h3-4,6-11H,5,12-16H2,1-2H3. The second kappa shape index (κ2) is 8.17. The molecule has 2 aromatic rings. The minimum Gasteiger partial charge on any atom is -0.341 e. The van der Waals surface area contributed by atoms with Crippen LogP contribution in [-0.2, 0) is 11.2 Å². The Bertz CT molecular complexity index is 783. The molecule has 1 aliphatic rings. The van der Waals surface area contributed by atoms with Crippen molar-refractivity contribution in [2.75, 3.05) is 26.2 Å². The first-order valence-corrected chi connectivity index (χ1v) is 9.23. The number of nitrogens with zero attached hydrogens (tertiary/aromatic N) is 2. The molecule has 4 heteroatoms. The SMILES string of the molecule is Cc1ccc(C(=O)N2CCCN(C(=O)Cc3ccccc3C)CC2)cc1. The van der Waals surface area contributed by atoms with Gasteiger partial charge < -0.3 is 9.80 Å². The van der Waals surface area contributed by atoms with Gasteiger partial charge in [0.25, 0.3) is 5.91 Å². The van der Waals surface area contributed by atoms with E-state index in [1.54, 1.807) is 0 Å². The third-order valence-electron chi connectivity index (χ3n) is 5.04. The van der Waals surface area contributed by atoms with Crippen molar-refractivity contribution in [3.05, 3.63) is 70.8 Å². The summed E-state index contributed by atoms with van der Waals surface area (Å²) in [5.74, 6) is 0.196. The molecule has 2 amide bonds. The van der Waals surface area contributed by atoms with E-state index in [2.05, 4.69) is 0 Å². The molecule has 3 rings (SSSR count). The van der Waals surface area contributed by atoms with Crippen molar-refractivity contribution in [2.45, 2.75) is 26.7 Å². The molecule has 4 nitrogen and oxygen atoms in total. The second-order valence-corrected chi connectivity index (χ2v) is 7.00. The van der Waals surface area contributed by atoms with Crippen molar-refractivity contribution >= 4 is 11.8 Å². The highest BCUT2D eigenvalue weighted by molar-refractivity contribution is 5.94. The molecule has 2 aromatic carbocycles. The van der Waals surface area contributed by atoms with Gasteiger partial charge in [-0.3, -0.25) is 9.59 Å². The number of aryl methyl sites for hydroxylation is 2. The Labute approximate surface area is 155 Å². The lowest BCUT2D eigenvalue weighted by Crippen LogP contribution is -2.38. The molecular weight excluding hydrogens is 324 g/mol. The molecule has 1 aliphatic heterocycles. The van der Waals surface area contributed by atoms with Crippen LogP contribution in [0.5, 0.6) is 0 Å². The van der Waals surface area contributed by atoms with Crippen molar-refractivity contribution in [1.82, 2.24) is 9.80 Å². The van der Waals surface area contributed by atoms with Gasteiger partial charge in [-0.05, 0) is 43.5 Å².